The Morgan fingerprint density at radius 2 is 2.00 bits per heavy atom. The average Bonchev–Trinajstić information content (AvgIpc) is 2.04. The van der Waals surface area contributed by atoms with Gasteiger partial charge < -0.3 is 14.6 Å². The zero-order valence-corrected chi connectivity index (χ0v) is 5.86. The fraction of sp³-hybridized carbons (Fsp3) is 0.250. The van der Waals surface area contributed by atoms with E-state index in [2.05, 4.69) is 0 Å². The predicted molar refractivity (Wildman–Crippen MR) is 38.6 cm³/mol. The summed E-state index contributed by atoms with van der Waals surface area (Å²) >= 11 is 0. The Kier molecular flexibility index (Phi) is 1.43. The first kappa shape index (κ1) is 6.49. The Morgan fingerprint density at radius 3 is 2.82 bits per heavy atom. The number of aliphatic hydroxyl groups is 1. The van der Waals surface area contributed by atoms with Gasteiger partial charge in [-0.3, -0.25) is 0 Å². The van der Waals surface area contributed by atoms with Crippen molar-refractivity contribution in [2.24, 2.45) is 0 Å². The quantitative estimate of drug-likeness (QED) is 0.597. The Balaban J connectivity index is 2.34. The maximum Gasteiger partial charge on any atom is 0.232 e. The van der Waals surface area contributed by atoms with Crippen molar-refractivity contribution >= 4 is 0 Å². The van der Waals surface area contributed by atoms with Gasteiger partial charge in [-0.25, -0.2) is 0 Å². The van der Waals surface area contributed by atoms with E-state index < -0.39 is 6.29 Å². The van der Waals surface area contributed by atoms with E-state index >= 15 is 0 Å². The van der Waals surface area contributed by atoms with E-state index in [0.717, 1.165) is 0 Å². The number of aliphatic hydroxyl groups excluding tert-OH is 1. The van der Waals surface area contributed by atoms with E-state index in [1.165, 1.54) is 0 Å². The molecule has 0 fully saturated rings. The summed E-state index contributed by atoms with van der Waals surface area (Å²) in [7, 11) is 0. The number of hydrogen-bond donors (Lipinski definition) is 1. The summed E-state index contributed by atoms with van der Waals surface area (Å²) in [4.78, 5) is 0. The van der Waals surface area contributed by atoms with Crippen LogP contribution in [0.25, 0.3) is 0 Å². The largest absolute Gasteiger partial charge is 0.483 e. The van der Waals surface area contributed by atoms with Gasteiger partial charge in [-0.15, -0.1) is 0 Å². The van der Waals surface area contributed by atoms with Crippen LogP contribution in [0.3, 0.4) is 0 Å². The first-order chi connectivity index (χ1) is 5.36. The molecule has 3 nitrogen and oxygen atoms in total. The van der Waals surface area contributed by atoms with Gasteiger partial charge in [0.25, 0.3) is 0 Å². The van der Waals surface area contributed by atoms with Crippen LogP contribution in [0.1, 0.15) is 0 Å². The van der Waals surface area contributed by atoms with Crippen molar-refractivity contribution in [2.75, 3.05) is 6.61 Å². The lowest BCUT2D eigenvalue weighted by atomic mass is 10.3. The van der Waals surface area contributed by atoms with E-state index in [1.807, 2.05) is 12.1 Å². The Morgan fingerprint density at radius 1 is 1.27 bits per heavy atom. The molecule has 0 aromatic heterocycles. The molecule has 1 aromatic carbocycles. The van der Waals surface area contributed by atoms with E-state index in [9.17, 15) is 0 Å². The minimum Gasteiger partial charge on any atom is -0.483 e. The van der Waals surface area contributed by atoms with Crippen LogP contribution in [-0.4, -0.2) is 18.0 Å². The molecule has 58 valence electrons. The van der Waals surface area contributed by atoms with Crippen molar-refractivity contribution in [3.8, 4) is 11.5 Å². The van der Waals surface area contributed by atoms with E-state index in [-0.39, 0.29) is 6.61 Å². The monoisotopic (exact) mass is 152 g/mol. The van der Waals surface area contributed by atoms with Gasteiger partial charge in [0.1, 0.15) is 0 Å². The standard InChI is InChI=1S/C8H8O3/c9-8-5-10-6-3-1-2-4-7(6)11-8/h1-4,8-9H,5H2/t8-/m1/s1. The lowest BCUT2D eigenvalue weighted by Gasteiger charge is -2.22. The van der Waals surface area contributed by atoms with Crippen LogP contribution in [-0.2, 0) is 0 Å². The maximum absolute atomic E-state index is 9.01. The summed E-state index contributed by atoms with van der Waals surface area (Å²) < 4.78 is 10.2. The molecule has 0 spiro atoms. The summed E-state index contributed by atoms with van der Waals surface area (Å²) in [6, 6.07) is 7.26. The van der Waals surface area contributed by atoms with Crippen molar-refractivity contribution in [3.63, 3.8) is 0 Å². The van der Waals surface area contributed by atoms with Gasteiger partial charge in [-0.2, -0.15) is 0 Å². The third-order valence-corrected chi connectivity index (χ3v) is 1.49. The van der Waals surface area contributed by atoms with Gasteiger partial charge in [0, 0.05) is 0 Å². The van der Waals surface area contributed by atoms with Gasteiger partial charge in [0.15, 0.2) is 18.1 Å². The molecule has 1 aliphatic heterocycles. The highest BCUT2D eigenvalue weighted by atomic mass is 16.7. The number of para-hydroxylation sites is 2. The van der Waals surface area contributed by atoms with Crippen LogP contribution < -0.4 is 9.47 Å². The van der Waals surface area contributed by atoms with E-state index in [1.54, 1.807) is 12.1 Å². The highest BCUT2D eigenvalue weighted by Crippen LogP contribution is 2.29. The van der Waals surface area contributed by atoms with Crippen molar-refractivity contribution in [2.45, 2.75) is 6.29 Å². The molecule has 11 heavy (non-hydrogen) atoms. The van der Waals surface area contributed by atoms with Gasteiger partial charge in [0.05, 0.1) is 0 Å². The van der Waals surface area contributed by atoms with Crippen LogP contribution in [0.5, 0.6) is 11.5 Å². The first-order valence-electron chi connectivity index (χ1n) is 3.43. The second-order valence-electron chi connectivity index (χ2n) is 2.33. The van der Waals surface area contributed by atoms with Crippen LogP contribution in [0.2, 0.25) is 0 Å². The zero-order valence-electron chi connectivity index (χ0n) is 5.86. The van der Waals surface area contributed by atoms with Gasteiger partial charge in [-0.1, -0.05) is 12.1 Å². The molecular weight excluding hydrogens is 144 g/mol. The van der Waals surface area contributed by atoms with Crippen molar-refractivity contribution < 1.29 is 14.6 Å². The Bertz CT molecular complexity index is 259. The summed E-state index contributed by atoms with van der Waals surface area (Å²) in [6.45, 7) is 0.205. The second kappa shape index (κ2) is 2.43. The minimum absolute atomic E-state index is 0.205. The minimum atomic E-state index is -0.829. The summed E-state index contributed by atoms with van der Waals surface area (Å²) in [5.41, 5.74) is 0. The van der Waals surface area contributed by atoms with Crippen molar-refractivity contribution in [1.82, 2.24) is 0 Å². The van der Waals surface area contributed by atoms with Gasteiger partial charge in [-0.05, 0) is 12.1 Å². The fourth-order valence-electron chi connectivity index (χ4n) is 1.01. The first-order valence-corrected chi connectivity index (χ1v) is 3.43. The van der Waals surface area contributed by atoms with Crippen LogP contribution in [0, 0.1) is 0 Å². The van der Waals surface area contributed by atoms with Crippen LogP contribution in [0.4, 0.5) is 0 Å². The van der Waals surface area contributed by atoms with E-state index in [4.69, 9.17) is 14.6 Å². The lowest BCUT2D eigenvalue weighted by Crippen LogP contribution is -2.28. The molecule has 1 N–H and O–H groups in total. The lowest BCUT2D eigenvalue weighted by molar-refractivity contribution is -0.0669. The molecular formula is C8H8O3. The number of hydrogen-bond acceptors (Lipinski definition) is 3. The highest BCUT2D eigenvalue weighted by Gasteiger charge is 2.16. The normalized spacial score (nSPS) is 21.4. The molecule has 2 rings (SSSR count). The summed E-state index contributed by atoms with van der Waals surface area (Å²) in [5.74, 6) is 1.30. The number of fused-ring (bicyclic) bond motifs is 1. The molecule has 0 bridgehead atoms. The molecule has 0 unspecified atom stereocenters. The number of benzene rings is 1. The smallest absolute Gasteiger partial charge is 0.232 e. The zero-order chi connectivity index (χ0) is 7.68. The van der Waals surface area contributed by atoms with Crippen molar-refractivity contribution in [1.29, 1.82) is 0 Å². The number of rotatable bonds is 0. The molecule has 1 atom stereocenters. The highest BCUT2D eigenvalue weighted by molar-refractivity contribution is 5.40. The third-order valence-electron chi connectivity index (χ3n) is 1.49. The van der Waals surface area contributed by atoms with Crippen molar-refractivity contribution in [3.05, 3.63) is 24.3 Å². The molecule has 3 heteroatoms. The average molecular weight is 152 g/mol. The predicted octanol–water partition coefficient (Wildman–Crippen LogP) is 0.776. The molecule has 1 aliphatic rings. The Labute approximate surface area is 64.2 Å². The second-order valence-corrected chi connectivity index (χ2v) is 2.33. The molecule has 0 saturated heterocycles. The molecule has 0 saturated carbocycles. The van der Waals surface area contributed by atoms with Gasteiger partial charge >= 0.3 is 0 Å². The number of ether oxygens (including phenoxy) is 2. The molecule has 1 aromatic rings. The van der Waals surface area contributed by atoms with Crippen LogP contribution in [0.15, 0.2) is 24.3 Å². The van der Waals surface area contributed by atoms with Crippen LogP contribution >= 0.6 is 0 Å². The molecule has 0 aliphatic carbocycles. The topological polar surface area (TPSA) is 38.7 Å². The molecule has 0 radical (unpaired) electrons. The fourth-order valence-corrected chi connectivity index (χ4v) is 1.01. The maximum atomic E-state index is 9.01. The van der Waals surface area contributed by atoms with Gasteiger partial charge in [0.2, 0.25) is 6.29 Å². The Hall–Kier alpha value is -1.22. The summed E-state index contributed by atoms with van der Waals surface area (Å²) in [6.07, 6.45) is -0.829. The molecule has 1 heterocycles. The molecule has 0 amide bonds. The summed E-state index contributed by atoms with van der Waals surface area (Å²) in [5, 5.41) is 9.01. The SMILES string of the molecule is O[C@H]1COc2ccccc2O1. The van der Waals surface area contributed by atoms with E-state index in [0.29, 0.717) is 11.5 Å². The third kappa shape index (κ3) is 1.14.